The van der Waals surface area contributed by atoms with E-state index in [0.717, 1.165) is 32.2 Å². The van der Waals surface area contributed by atoms with Gasteiger partial charge >= 0.3 is 0 Å². The number of hydrogen-bond acceptors (Lipinski definition) is 2. The fourth-order valence-electron chi connectivity index (χ4n) is 2.97. The highest BCUT2D eigenvalue weighted by atomic mass is 16.2. The first-order chi connectivity index (χ1) is 8.97. The molecule has 0 aromatic rings. The van der Waals surface area contributed by atoms with Crippen LogP contribution < -0.4 is 5.73 Å². The third kappa shape index (κ3) is 4.79. The standard InChI is InChI=1S/C16H32N2O/c1-5-6-7-10-18(12(2)3)16(19)14-9-8-13(4)15(17)11-14/h12-15H,5-11,17H2,1-4H3. The van der Waals surface area contributed by atoms with Gasteiger partial charge in [-0.2, -0.15) is 0 Å². The fourth-order valence-corrected chi connectivity index (χ4v) is 2.97. The van der Waals surface area contributed by atoms with E-state index in [0.29, 0.717) is 17.9 Å². The SMILES string of the molecule is CCCCCN(C(=O)C1CCC(C)C(N)C1)C(C)C. The summed E-state index contributed by atoms with van der Waals surface area (Å²) in [5, 5.41) is 0. The predicted molar refractivity (Wildman–Crippen MR) is 80.9 cm³/mol. The second-order valence-corrected chi connectivity index (χ2v) is 6.48. The summed E-state index contributed by atoms with van der Waals surface area (Å²) in [4.78, 5) is 14.7. The maximum absolute atomic E-state index is 12.7. The van der Waals surface area contributed by atoms with E-state index in [1.54, 1.807) is 0 Å². The van der Waals surface area contributed by atoms with Gasteiger partial charge in [0.2, 0.25) is 5.91 Å². The van der Waals surface area contributed by atoms with E-state index >= 15 is 0 Å². The molecule has 112 valence electrons. The number of amides is 1. The summed E-state index contributed by atoms with van der Waals surface area (Å²) in [6.45, 7) is 9.55. The van der Waals surface area contributed by atoms with E-state index in [2.05, 4.69) is 32.6 Å². The van der Waals surface area contributed by atoms with Gasteiger partial charge in [-0.15, -0.1) is 0 Å². The molecule has 1 rings (SSSR count). The summed E-state index contributed by atoms with van der Waals surface area (Å²) in [5.41, 5.74) is 6.13. The smallest absolute Gasteiger partial charge is 0.225 e. The van der Waals surface area contributed by atoms with Crippen LogP contribution in [-0.4, -0.2) is 29.4 Å². The first-order valence-corrected chi connectivity index (χ1v) is 8.03. The lowest BCUT2D eigenvalue weighted by Crippen LogP contribution is -2.46. The summed E-state index contributed by atoms with van der Waals surface area (Å²) in [6.07, 6.45) is 6.51. The molecular formula is C16H32N2O. The number of nitrogens with zero attached hydrogens (tertiary/aromatic N) is 1. The molecule has 1 amide bonds. The van der Waals surface area contributed by atoms with Crippen LogP contribution in [0.4, 0.5) is 0 Å². The maximum Gasteiger partial charge on any atom is 0.225 e. The van der Waals surface area contributed by atoms with Gasteiger partial charge in [-0.05, 0) is 45.4 Å². The Hall–Kier alpha value is -0.570. The van der Waals surface area contributed by atoms with Crippen molar-refractivity contribution in [3.63, 3.8) is 0 Å². The topological polar surface area (TPSA) is 46.3 Å². The summed E-state index contributed by atoms with van der Waals surface area (Å²) in [6, 6.07) is 0.507. The summed E-state index contributed by atoms with van der Waals surface area (Å²) >= 11 is 0. The minimum atomic E-state index is 0.162. The lowest BCUT2D eigenvalue weighted by Gasteiger charge is -2.36. The average Bonchev–Trinajstić information content (AvgIpc) is 2.37. The maximum atomic E-state index is 12.7. The van der Waals surface area contributed by atoms with Crippen molar-refractivity contribution >= 4 is 5.91 Å². The van der Waals surface area contributed by atoms with Gasteiger partial charge in [-0.25, -0.2) is 0 Å². The largest absolute Gasteiger partial charge is 0.340 e. The molecule has 0 radical (unpaired) electrons. The Bertz CT molecular complexity index is 278. The number of hydrogen-bond donors (Lipinski definition) is 1. The van der Waals surface area contributed by atoms with Crippen LogP contribution in [0, 0.1) is 11.8 Å². The monoisotopic (exact) mass is 268 g/mol. The molecule has 0 aromatic carbocycles. The van der Waals surface area contributed by atoms with Gasteiger partial charge in [0, 0.05) is 24.5 Å². The molecule has 3 unspecified atom stereocenters. The molecule has 1 fully saturated rings. The Labute approximate surface area is 118 Å². The highest BCUT2D eigenvalue weighted by Gasteiger charge is 2.32. The molecule has 3 nitrogen and oxygen atoms in total. The zero-order valence-corrected chi connectivity index (χ0v) is 13.2. The van der Waals surface area contributed by atoms with Crippen LogP contribution in [-0.2, 0) is 4.79 Å². The van der Waals surface area contributed by atoms with Crippen molar-refractivity contribution in [2.45, 2.75) is 78.3 Å². The summed E-state index contributed by atoms with van der Waals surface area (Å²) in [5.74, 6) is 1.07. The van der Waals surface area contributed by atoms with Crippen molar-refractivity contribution in [1.82, 2.24) is 4.90 Å². The normalized spacial score (nSPS) is 27.6. The molecule has 0 aliphatic heterocycles. The van der Waals surface area contributed by atoms with Crippen molar-refractivity contribution in [1.29, 1.82) is 0 Å². The Morgan fingerprint density at radius 1 is 1.32 bits per heavy atom. The summed E-state index contributed by atoms with van der Waals surface area (Å²) in [7, 11) is 0. The van der Waals surface area contributed by atoms with Crippen molar-refractivity contribution in [2.75, 3.05) is 6.54 Å². The van der Waals surface area contributed by atoms with Crippen LogP contribution >= 0.6 is 0 Å². The van der Waals surface area contributed by atoms with E-state index in [4.69, 9.17) is 5.73 Å². The number of nitrogens with two attached hydrogens (primary N) is 1. The van der Waals surface area contributed by atoms with Crippen molar-refractivity contribution in [3.05, 3.63) is 0 Å². The van der Waals surface area contributed by atoms with Crippen LogP contribution in [0.2, 0.25) is 0 Å². The molecule has 1 aliphatic rings. The zero-order chi connectivity index (χ0) is 14.4. The second kappa shape index (κ2) is 7.88. The van der Waals surface area contributed by atoms with Crippen LogP contribution in [0.3, 0.4) is 0 Å². The molecule has 19 heavy (non-hydrogen) atoms. The van der Waals surface area contributed by atoms with E-state index in [-0.39, 0.29) is 12.0 Å². The lowest BCUT2D eigenvalue weighted by molar-refractivity contribution is -0.138. The minimum Gasteiger partial charge on any atom is -0.340 e. The van der Waals surface area contributed by atoms with Gasteiger partial charge in [0.15, 0.2) is 0 Å². The molecule has 1 aliphatic carbocycles. The number of carbonyl (C=O) groups excluding carboxylic acids is 1. The van der Waals surface area contributed by atoms with E-state index in [9.17, 15) is 4.79 Å². The Morgan fingerprint density at radius 2 is 2.00 bits per heavy atom. The van der Waals surface area contributed by atoms with Crippen LogP contribution in [0.5, 0.6) is 0 Å². The lowest BCUT2D eigenvalue weighted by atomic mass is 9.79. The molecule has 0 spiro atoms. The quantitative estimate of drug-likeness (QED) is 0.752. The zero-order valence-electron chi connectivity index (χ0n) is 13.2. The predicted octanol–water partition coefficient (Wildman–Crippen LogP) is 3.18. The first-order valence-electron chi connectivity index (χ1n) is 8.03. The first kappa shape index (κ1) is 16.5. The van der Waals surface area contributed by atoms with Crippen molar-refractivity contribution < 1.29 is 4.79 Å². The van der Waals surface area contributed by atoms with Crippen molar-refractivity contribution in [2.24, 2.45) is 17.6 Å². The van der Waals surface area contributed by atoms with Gasteiger partial charge in [0.25, 0.3) is 0 Å². The molecule has 3 atom stereocenters. The molecule has 3 heteroatoms. The molecule has 1 saturated carbocycles. The molecule has 0 saturated heterocycles. The third-order valence-electron chi connectivity index (χ3n) is 4.52. The van der Waals surface area contributed by atoms with Crippen LogP contribution in [0.1, 0.15) is 66.2 Å². The van der Waals surface area contributed by atoms with Crippen LogP contribution in [0.15, 0.2) is 0 Å². The van der Waals surface area contributed by atoms with E-state index in [1.165, 1.54) is 12.8 Å². The molecule has 0 heterocycles. The minimum absolute atomic E-state index is 0.162. The number of carbonyl (C=O) groups is 1. The van der Waals surface area contributed by atoms with Gasteiger partial charge in [0.05, 0.1) is 0 Å². The van der Waals surface area contributed by atoms with Gasteiger partial charge in [-0.1, -0.05) is 26.7 Å². The molecule has 0 aromatic heterocycles. The fraction of sp³-hybridized carbons (Fsp3) is 0.938. The van der Waals surface area contributed by atoms with E-state index < -0.39 is 0 Å². The highest BCUT2D eigenvalue weighted by Crippen LogP contribution is 2.29. The molecule has 2 N–H and O–H groups in total. The summed E-state index contributed by atoms with van der Waals surface area (Å²) < 4.78 is 0. The van der Waals surface area contributed by atoms with Crippen LogP contribution in [0.25, 0.3) is 0 Å². The van der Waals surface area contributed by atoms with Gasteiger partial charge in [-0.3, -0.25) is 4.79 Å². The third-order valence-corrected chi connectivity index (χ3v) is 4.52. The Kier molecular flexibility index (Phi) is 6.84. The number of unbranched alkanes of at least 4 members (excludes halogenated alkanes) is 2. The van der Waals surface area contributed by atoms with E-state index in [1.807, 2.05) is 0 Å². The molecular weight excluding hydrogens is 236 g/mol. The second-order valence-electron chi connectivity index (χ2n) is 6.48. The van der Waals surface area contributed by atoms with Crippen molar-refractivity contribution in [3.8, 4) is 0 Å². The molecule has 0 bridgehead atoms. The number of rotatable bonds is 6. The average molecular weight is 268 g/mol. The van der Waals surface area contributed by atoms with Gasteiger partial charge in [0.1, 0.15) is 0 Å². The van der Waals surface area contributed by atoms with Gasteiger partial charge < -0.3 is 10.6 Å². The Morgan fingerprint density at radius 3 is 2.53 bits per heavy atom. The highest BCUT2D eigenvalue weighted by molar-refractivity contribution is 5.79. The Balaban J connectivity index is 2.56.